The van der Waals surface area contributed by atoms with E-state index in [2.05, 4.69) is 49.6 Å². The second-order valence-corrected chi connectivity index (χ2v) is 5.11. The molecule has 2 rings (SSSR count). The molecular formula is C14H22N2. The third kappa shape index (κ3) is 2.38. The quantitative estimate of drug-likeness (QED) is 0.814. The lowest BCUT2D eigenvalue weighted by molar-refractivity contribution is 0.452. The maximum absolute atomic E-state index is 3.68. The molecule has 0 aliphatic carbocycles. The van der Waals surface area contributed by atoms with E-state index in [0.717, 1.165) is 13.1 Å². The fraction of sp³-hybridized carbons (Fsp3) is 0.571. The Bertz CT molecular complexity index is 358. The van der Waals surface area contributed by atoms with Gasteiger partial charge in [-0.25, -0.2) is 0 Å². The van der Waals surface area contributed by atoms with Gasteiger partial charge in [0.15, 0.2) is 0 Å². The molecule has 2 N–H and O–H groups in total. The maximum atomic E-state index is 3.68. The highest BCUT2D eigenvalue weighted by Gasteiger charge is 2.20. The Balaban J connectivity index is 2.18. The van der Waals surface area contributed by atoms with Crippen LogP contribution < -0.4 is 10.6 Å². The Morgan fingerprint density at radius 1 is 1.44 bits per heavy atom. The summed E-state index contributed by atoms with van der Waals surface area (Å²) in [5.41, 5.74) is 4.17. The van der Waals surface area contributed by atoms with E-state index >= 15 is 0 Å². The topological polar surface area (TPSA) is 24.1 Å². The van der Waals surface area contributed by atoms with Crippen LogP contribution in [0.2, 0.25) is 0 Å². The van der Waals surface area contributed by atoms with Crippen molar-refractivity contribution in [3.8, 4) is 0 Å². The lowest BCUT2D eigenvalue weighted by atomic mass is 9.93. The SMILES string of the molecule is Cc1cccc2c1C(NCC(C)C)CCN2. The predicted molar refractivity (Wildman–Crippen MR) is 69.9 cm³/mol. The number of nitrogens with one attached hydrogen (secondary N) is 2. The number of hydrogen-bond donors (Lipinski definition) is 2. The fourth-order valence-corrected chi connectivity index (χ4v) is 2.37. The van der Waals surface area contributed by atoms with Crippen molar-refractivity contribution in [3.63, 3.8) is 0 Å². The summed E-state index contributed by atoms with van der Waals surface area (Å²) in [5.74, 6) is 0.711. The zero-order valence-electron chi connectivity index (χ0n) is 10.5. The molecule has 0 radical (unpaired) electrons. The summed E-state index contributed by atoms with van der Waals surface area (Å²) in [4.78, 5) is 0. The second kappa shape index (κ2) is 4.88. The van der Waals surface area contributed by atoms with Crippen LogP contribution in [0.1, 0.15) is 37.4 Å². The fourth-order valence-electron chi connectivity index (χ4n) is 2.37. The number of aryl methyl sites for hydroxylation is 1. The molecule has 1 unspecified atom stereocenters. The van der Waals surface area contributed by atoms with Crippen molar-refractivity contribution >= 4 is 5.69 Å². The van der Waals surface area contributed by atoms with E-state index in [1.54, 1.807) is 0 Å². The molecule has 2 heteroatoms. The van der Waals surface area contributed by atoms with Crippen LogP contribution in [-0.4, -0.2) is 13.1 Å². The molecule has 0 saturated carbocycles. The molecule has 1 atom stereocenters. The molecule has 1 heterocycles. The average molecular weight is 218 g/mol. The Hall–Kier alpha value is -1.02. The first kappa shape index (κ1) is 11.5. The van der Waals surface area contributed by atoms with E-state index in [9.17, 15) is 0 Å². The first-order chi connectivity index (χ1) is 7.68. The predicted octanol–water partition coefficient (Wildman–Crippen LogP) is 3.10. The van der Waals surface area contributed by atoms with Crippen molar-refractivity contribution in [2.75, 3.05) is 18.4 Å². The van der Waals surface area contributed by atoms with Crippen LogP contribution in [0.3, 0.4) is 0 Å². The number of fused-ring (bicyclic) bond motifs is 1. The molecule has 0 aromatic heterocycles. The van der Waals surface area contributed by atoms with Crippen LogP contribution in [0, 0.1) is 12.8 Å². The van der Waals surface area contributed by atoms with Crippen molar-refractivity contribution in [2.24, 2.45) is 5.92 Å². The second-order valence-electron chi connectivity index (χ2n) is 5.11. The number of hydrogen-bond acceptors (Lipinski definition) is 2. The van der Waals surface area contributed by atoms with Crippen molar-refractivity contribution in [2.45, 2.75) is 33.2 Å². The molecule has 2 nitrogen and oxygen atoms in total. The van der Waals surface area contributed by atoms with E-state index < -0.39 is 0 Å². The minimum Gasteiger partial charge on any atom is -0.385 e. The van der Waals surface area contributed by atoms with Crippen molar-refractivity contribution < 1.29 is 0 Å². The molecule has 0 bridgehead atoms. The molecular weight excluding hydrogens is 196 g/mol. The van der Waals surface area contributed by atoms with Gasteiger partial charge in [-0.1, -0.05) is 26.0 Å². The van der Waals surface area contributed by atoms with Gasteiger partial charge >= 0.3 is 0 Å². The minimum absolute atomic E-state index is 0.528. The molecule has 1 aliphatic rings. The standard InChI is InChI=1S/C14H22N2/c1-10(2)9-16-13-7-8-15-12-6-4-5-11(3)14(12)13/h4-6,10,13,15-16H,7-9H2,1-3H3. The van der Waals surface area contributed by atoms with Crippen LogP contribution >= 0.6 is 0 Å². The first-order valence-electron chi connectivity index (χ1n) is 6.25. The Kier molecular flexibility index (Phi) is 3.49. The Morgan fingerprint density at radius 2 is 2.25 bits per heavy atom. The van der Waals surface area contributed by atoms with Gasteiger partial charge in [0, 0.05) is 18.3 Å². The Labute approximate surface area is 98.4 Å². The summed E-state index contributed by atoms with van der Waals surface area (Å²) < 4.78 is 0. The third-order valence-electron chi connectivity index (χ3n) is 3.19. The van der Waals surface area contributed by atoms with Gasteiger partial charge in [-0.3, -0.25) is 0 Å². The van der Waals surface area contributed by atoms with Crippen LogP contribution in [0.4, 0.5) is 5.69 Å². The van der Waals surface area contributed by atoms with E-state index in [1.807, 2.05) is 0 Å². The lowest BCUT2D eigenvalue weighted by Crippen LogP contribution is -2.31. The third-order valence-corrected chi connectivity index (χ3v) is 3.19. The van der Waals surface area contributed by atoms with E-state index in [4.69, 9.17) is 0 Å². The zero-order chi connectivity index (χ0) is 11.5. The van der Waals surface area contributed by atoms with Gasteiger partial charge in [0.05, 0.1) is 0 Å². The van der Waals surface area contributed by atoms with E-state index in [1.165, 1.54) is 23.2 Å². The van der Waals surface area contributed by atoms with Gasteiger partial charge in [-0.15, -0.1) is 0 Å². The number of benzene rings is 1. The van der Waals surface area contributed by atoms with Gasteiger partial charge in [-0.05, 0) is 43.0 Å². The van der Waals surface area contributed by atoms with Crippen molar-refractivity contribution in [1.82, 2.24) is 5.32 Å². The average Bonchev–Trinajstić information content (AvgIpc) is 2.26. The van der Waals surface area contributed by atoms with Gasteiger partial charge in [-0.2, -0.15) is 0 Å². The van der Waals surface area contributed by atoms with Gasteiger partial charge < -0.3 is 10.6 Å². The van der Waals surface area contributed by atoms with E-state index in [-0.39, 0.29) is 0 Å². The summed E-state index contributed by atoms with van der Waals surface area (Å²) in [6.07, 6.45) is 1.19. The summed E-state index contributed by atoms with van der Waals surface area (Å²) in [7, 11) is 0. The molecule has 1 aromatic rings. The minimum atomic E-state index is 0.528. The van der Waals surface area contributed by atoms with E-state index in [0.29, 0.717) is 12.0 Å². The molecule has 0 saturated heterocycles. The van der Waals surface area contributed by atoms with Gasteiger partial charge in [0.2, 0.25) is 0 Å². The number of rotatable bonds is 3. The lowest BCUT2D eigenvalue weighted by Gasteiger charge is -2.29. The summed E-state index contributed by atoms with van der Waals surface area (Å²) >= 11 is 0. The van der Waals surface area contributed by atoms with Gasteiger partial charge in [0.1, 0.15) is 0 Å². The Morgan fingerprint density at radius 3 is 3.00 bits per heavy atom. The summed E-state index contributed by atoms with van der Waals surface area (Å²) in [5, 5.41) is 7.16. The molecule has 0 fully saturated rings. The van der Waals surface area contributed by atoms with Crippen LogP contribution in [0.25, 0.3) is 0 Å². The van der Waals surface area contributed by atoms with Crippen molar-refractivity contribution in [3.05, 3.63) is 29.3 Å². The molecule has 0 amide bonds. The summed E-state index contributed by atoms with van der Waals surface area (Å²) in [6.45, 7) is 8.89. The molecule has 16 heavy (non-hydrogen) atoms. The van der Waals surface area contributed by atoms with Crippen LogP contribution in [0.15, 0.2) is 18.2 Å². The monoisotopic (exact) mass is 218 g/mol. The smallest absolute Gasteiger partial charge is 0.0391 e. The molecule has 1 aliphatic heterocycles. The van der Waals surface area contributed by atoms with Crippen molar-refractivity contribution in [1.29, 1.82) is 0 Å². The molecule has 0 spiro atoms. The van der Waals surface area contributed by atoms with Gasteiger partial charge in [0.25, 0.3) is 0 Å². The molecule has 1 aromatic carbocycles. The first-order valence-corrected chi connectivity index (χ1v) is 6.25. The zero-order valence-corrected chi connectivity index (χ0v) is 10.5. The highest BCUT2D eigenvalue weighted by Crippen LogP contribution is 2.32. The molecule has 88 valence electrons. The highest BCUT2D eigenvalue weighted by molar-refractivity contribution is 5.57. The summed E-state index contributed by atoms with van der Waals surface area (Å²) in [6, 6.07) is 7.05. The largest absolute Gasteiger partial charge is 0.385 e. The van der Waals surface area contributed by atoms with Crippen LogP contribution in [0.5, 0.6) is 0 Å². The normalized spacial score (nSPS) is 19.4. The number of anilines is 1. The van der Waals surface area contributed by atoms with Crippen LogP contribution in [-0.2, 0) is 0 Å². The maximum Gasteiger partial charge on any atom is 0.0391 e. The highest BCUT2D eigenvalue weighted by atomic mass is 15.0.